The molecular weight excluding hydrogens is 296 g/mol. The number of nitrogens with one attached hydrogen (secondary N) is 1. The van der Waals surface area contributed by atoms with Gasteiger partial charge in [0, 0.05) is 16.8 Å². The summed E-state index contributed by atoms with van der Waals surface area (Å²) < 4.78 is 5.44. The van der Waals surface area contributed by atoms with Crippen LogP contribution in [0.4, 0.5) is 0 Å². The van der Waals surface area contributed by atoms with Gasteiger partial charge < -0.3 is 10.1 Å². The fourth-order valence-corrected chi connectivity index (χ4v) is 3.67. The van der Waals surface area contributed by atoms with E-state index in [4.69, 9.17) is 4.74 Å². The molecule has 0 fully saturated rings. The number of aromatic nitrogens is 1. The monoisotopic (exact) mass is 314 g/mol. The van der Waals surface area contributed by atoms with E-state index in [0.717, 1.165) is 12.2 Å². The molecule has 1 aliphatic rings. The van der Waals surface area contributed by atoms with Crippen molar-refractivity contribution in [1.82, 2.24) is 10.3 Å². The number of ether oxygens (including phenoxy) is 1. The predicted molar refractivity (Wildman–Crippen MR) is 87.4 cm³/mol. The summed E-state index contributed by atoms with van der Waals surface area (Å²) in [5.41, 5.74) is 1.68. The zero-order valence-electron chi connectivity index (χ0n) is 12.4. The Kier molecular flexibility index (Phi) is 4.63. The van der Waals surface area contributed by atoms with E-state index < -0.39 is 0 Å². The Labute approximate surface area is 134 Å². The maximum Gasteiger partial charge on any atom is 0.257 e. The first-order chi connectivity index (χ1) is 10.8. The second-order valence-corrected chi connectivity index (χ2v) is 6.13. The van der Waals surface area contributed by atoms with E-state index in [-0.39, 0.29) is 11.9 Å². The molecule has 4 nitrogen and oxygen atoms in total. The molecule has 22 heavy (non-hydrogen) atoms. The zero-order chi connectivity index (χ0) is 15.4. The highest BCUT2D eigenvalue weighted by molar-refractivity contribution is 7.99. The number of carbonyl (C=O) groups excluding carboxylic acids is 1. The first kappa shape index (κ1) is 14.9. The Morgan fingerprint density at radius 3 is 3.09 bits per heavy atom. The van der Waals surface area contributed by atoms with Gasteiger partial charge in [-0.15, -0.1) is 11.8 Å². The number of thioether (sulfide) groups is 1. The van der Waals surface area contributed by atoms with E-state index in [2.05, 4.69) is 22.4 Å². The van der Waals surface area contributed by atoms with Crippen molar-refractivity contribution in [3.05, 3.63) is 53.7 Å². The topological polar surface area (TPSA) is 51.2 Å². The number of amides is 1. The number of rotatable bonds is 4. The maximum absolute atomic E-state index is 12.6. The minimum Gasteiger partial charge on any atom is -0.477 e. The summed E-state index contributed by atoms with van der Waals surface area (Å²) in [5, 5.41) is 3.12. The molecule has 1 N–H and O–H groups in total. The largest absolute Gasteiger partial charge is 0.477 e. The third kappa shape index (κ3) is 3.09. The minimum atomic E-state index is -0.136. The van der Waals surface area contributed by atoms with Crippen LogP contribution >= 0.6 is 11.8 Å². The zero-order valence-corrected chi connectivity index (χ0v) is 13.2. The molecule has 0 saturated heterocycles. The van der Waals surface area contributed by atoms with Crippen LogP contribution in [-0.4, -0.2) is 23.3 Å². The Bertz CT molecular complexity index is 675. The fourth-order valence-electron chi connectivity index (χ4n) is 2.54. The third-order valence-corrected chi connectivity index (χ3v) is 4.68. The lowest BCUT2D eigenvalue weighted by atomic mass is 10.0. The molecule has 1 aromatic carbocycles. The molecule has 1 unspecified atom stereocenters. The molecule has 1 aliphatic heterocycles. The third-order valence-electron chi connectivity index (χ3n) is 3.56. The van der Waals surface area contributed by atoms with Crippen molar-refractivity contribution in [2.24, 2.45) is 0 Å². The van der Waals surface area contributed by atoms with E-state index in [1.807, 2.05) is 30.8 Å². The molecule has 1 atom stereocenters. The Morgan fingerprint density at radius 2 is 2.23 bits per heavy atom. The molecule has 3 rings (SSSR count). The number of hydrogen-bond donors (Lipinski definition) is 1. The average Bonchev–Trinajstić information content (AvgIpc) is 2.56. The molecule has 0 saturated carbocycles. The molecule has 5 heteroatoms. The number of nitrogens with zero attached hydrogens (tertiary/aromatic N) is 1. The summed E-state index contributed by atoms with van der Waals surface area (Å²) >= 11 is 1.84. The van der Waals surface area contributed by atoms with E-state index in [0.29, 0.717) is 18.1 Å². The van der Waals surface area contributed by atoms with Gasteiger partial charge in [0.15, 0.2) is 0 Å². The second kappa shape index (κ2) is 6.83. The van der Waals surface area contributed by atoms with Crippen LogP contribution in [0.3, 0.4) is 0 Å². The number of hydrogen-bond acceptors (Lipinski definition) is 4. The van der Waals surface area contributed by atoms with E-state index in [1.54, 1.807) is 18.3 Å². The second-order valence-electron chi connectivity index (χ2n) is 4.99. The Morgan fingerprint density at radius 1 is 1.36 bits per heavy atom. The van der Waals surface area contributed by atoms with Crippen LogP contribution in [0.2, 0.25) is 0 Å². The van der Waals surface area contributed by atoms with Gasteiger partial charge in [-0.1, -0.05) is 18.2 Å². The van der Waals surface area contributed by atoms with Gasteiger partial charge in [0.05, 0.1) is 12.6 Å². The molecule has 1 aromatic heterocycles. The van der Waals surface area contributed by atoms with Gasteiger partial charge in [0.2, 0.25) is 5.88 Å². The van der Waals surface area contributed by atoms with Gasteiger partial charge in [-0.3, -0.25) is 4.79 Å². The van der Waals surface area contributed by atoms with Gasteiger partial charge in [-0.2, -0.15) is 0 Å². The standard InChI is InChI=1S/C17H18N2O2S/c1-2-21-17-13(7-5-10-18-17)16(20)19-14-9-11-22-15-8-4-3-6-12(14)15/h3-8,10,14H,2,9,11H2,1H3,(H,19,20). The van der Waals surface area contributed by atoms with E-state index >= 15 is 0 Å². The molecule has 0 spiro atoms. The van der Waals surface area contributed by atoms with Crippen LogP contribution in [0.25, 0.3) is 0 Å². The quantitative estimate of drug-likeness (QED) is 0.939. The van der Waals surface area contributed by atoms with E-state index in [1.165, 1.54) is 10.5 Å². The van der Waals surface area contributed by atoms with Crippen molar-refractivity contribution in [1.29, 1.82) is 0 Å². The van der Waals surface area contributed by atoms with Crippen LogP contribution in [0, 0.1) is 0 Å². The van der Waals surface area contributed by atoms with Crippen LogP contribution in [0.5, 0.6) is 5.88 Å². The van der Waals surface area contributed by atoms with E-state index in [9.17, 15) is 4.79 Å². The number of benzene rings is 1. The highest BCUT2D eigenvalue weighted by atomic mass is 32.2. The summed E-state index contributed by atoms with van der Waals surface area (Å²) in [6, 6.07) is 11.8. The SMILES string of the molecule is CCOc1ncccc1C(=O)NC1CCSc2ccccc21. The van der Waals surface area contributed by atoms with Crippen molar-refractivity contribution in [3.63, 3.8) is 0 Å². The summed E-state index contributed by atoms with van der Waals surface area (Å²) in [7, 11) is 0. The van der Waals surface area contributed by atoms with Gasteiger partial charge in [-0.25, -0.2) is 4.98 Å². The first-order valence-electron chi connectivity index (χ1n) is 7.40. The fraction of sp³-hybridized carbons (Fsp3) is 0.294. The molecule has 1 amide bonds. The molecular formula is C17H18N2O2S. The van der Waals surface area contributed by atoms with Crippen LogP contribution < -0.4 is 10.1 Å². The van der Waals surface area contributed by atoms with Crippen molar-refractivity contribution < 1.29 is 9.53 Å². The summed E-state index contributed by atoms with van der Waals surface area (Å²) in [6.45, 7) is 2.37. The summed E-state index contributed by atoms with van der Waals surface area (Å²) in [5.74, 6) is 1.26. The molecule has 2 aromatic rings. The van der Waals surface area contributed by atoms with Crippen LogP contribution in [-0.2, 0) is 0 Å². The van der Waals surface area contributed by atoms with Gasteiger partial charge in [-0.05, 0) is 37.1 Å². The van der Waals surface area contributed by atoms with Gasteiger partial charge in [0.1, 0.15) is 5.56 Å². The summed E-state index contributed by atoms with van der Waals surface area (Å²) in [6.07, 6.45) is 2.56. The van der Waals surface area contributed by atoms with Crippen molar-refractivity contribution in [2.45, 2.75) is 24.3 Å². The molecule has 2 heterocycles. The Hall–Kier alpha value is -2.01. The van der Waals surface area contributed by atoms with Crippen molar-refractivity contribution >= 4 is 17.7 Å². The van der Waals surface area contributed by atoms with Crippen LogP contribution in [0.1, 0.15) is 35.3 Å². The smallest absolute Gasteiger partial charge is 0.257 e. The lowest BCUT2D eigenvalue weighted by Crippen LogP contribution is -2.31. The van der Waals surface area contributed by atoms with Crippen molar-refractivity contribution in [3.8, 4) is 5.88 Å². The average molecular weight is 314 g/mol. The van der Waals surface area contributed by atoms with Gasteiger partial charge >= 0.3 is 0 Å². The minimum absolute atomic E-state index is 0.0413. The van der Waals surface area contributed by atoms with Crippen molar-refractivity contribution in [2.75, 3.05) is 12.4 Å². The highest BCUT2D eigenvalue weighted by Crippen LogP contribution is 2.36. The number of carbonyl (C=O) groups is 1. The lowest BCUT2D eigenvalue weighted by molar-refractivity contribution is 0.0930. The van der Waals surface area contributed by atoms with Crippen LogP contribution in [0.15, 0.2) is 47.5 Å². The highest BCUT2D eigenvalue weighted by Gasteiger charge is 2.23. The Balaban J connectivity index is 1.81. The van der Waals surface area contributed by atoms with Gasteiger partial charge in [0.25, 0.3) is 5.91 Å². The molecule has 114 valence electrons. The predicted octanol–water partition coefficient (Wildman–Crippen LogP) is 3.45. The maximum atomic E-state index is 12.6. The first-order valence-corrected chi connectivity index (χ1v) is 8.38. The number of pyridine rings is 1. The molecule has 0 aliphatic carbocycles. The summed E-state index contributed by atoms with van der Waals surface area (Å²) in [4.78, 5) is 18.0. The molecule has 0 bridgehead atoms. The number of fused-ring (bicyclic) bond motifs is 1. The normalized spacial score (nSPS) is 16.7. The lowest BCUT2D eigenvalue weighted by Gasteiger charge is -2.26. The molecule has 0 radical (unpaired) electrons.